The Balaban J connectivity index is 2.11. The first-order valence-electron chi connectivity index (χ1n) is 6.65. The van der Waals surface area contributed by atoms with Crippen LogP contribution in [0, 0.1) is 11.3 Å². The van der Waals surface area contributed by atoms with Gasteiger partial charge < -0.3 is 10.6 Å². The van der Waals surface area contributed by atoms with E-state index in [9.17, 15) is 9.59 Å². The lowest BCUT2D eigenvalue weighted by molar-refractivity contribution is 0.0784. The second-order valence-corrected chi connectivity index (χ2v) is 4.91. The molecule has 2 N–H and O–H groups in total. The Bertz CT molecular complexity index is 745. The van der Waals surface area contributed by atoms with E-state index >= 15 is 0 Å². The van der Waals surface area contributed by atoms with E-state index in [0.717, 1.165) is 5.56 Å². The van der Waals surface area contributed by atoms with Gasteiger partial charge in [-0.25, -0.2) is 0 Å². The van der Waals surface area contributed by atoms with Crippen molar-refractivity contribution in [3.05, 3.63) is 70.8 Å². The van der Waals surface area contributed by atoms with Crippen molar-refractivity contribution in [1.29, 1.82) is 5.26 Å². The quantitative estimate of drug-likeness (QED) is 0.934. The maximum absolute atomic E-state index is 12.3. The van der Waals surface area contributed by atoms with Gasteiger partial charge in [0.1, 0.15) is 0 Å². The molecule has 0 aromatic heterocycles. The number of hydrogen-bond donors (Lipinski definition) is 1. The van der Waals surface area contributed by atoms with Crippen LogP contribution in [0.1, 0.15) is 31.8 Å². The van der Waals surface area contributed by atoms with Crippen LogP contribution in [-0.2, 0) is 6.54 Å². The Morgan fingerprint density at radius 2 is 1.77 bits per heavy atom. The van der Waals surface area contributed by atoms with Gasteiger partial charge >= 0.3 is 0 Å². The van der Waals surface area contributed by atoms with Crippen molar-refractivity contribution < 1.29 is 9.59 Å². The largest absolute Gasteiger partial charge is 0.366 e. The molecule has 110 valence electrons. The molecule has 2 rings (SSSR count). The maximum Gasteiger partial charge on any atom is 0.253 e. The number of benzene rings is 2. The number of primary amides is 1. The van der Waals surface area contributed by atoms with Crippen LogP contribution in [0.25, 0.3) is 0 Å². The minimum Gasteiger partial charge on any atom is -0.366 e. The van der Waals surface area contributed by atoms with Gasteiger partial charge in [-0.2, -0.15) is 5.26 Å². The molecular formula is C17H15N3O2. The Labute approximate surface area is 128 Å². The van der Waals surface area contributed by atoms with Gasteiger partial charge in [0, 0.05) is 24.7 Å². The molecule has 0 aliphatic heterocycles. The molecule has 0 unspecified atom stereocenters. The lowest BCUT2D eigenvalue weighted by Crippen LogP contribution is -2.26. The lowest BCUT2D eigenvalue weighted by atomic mass is 10.1. The molecule has 0 aliphatic rings. The average Bonchev–Trinajstić information content (AvgIpc) is 2.54. The monoisotopic (exact) mass is 293 g/mol. The second-order valence-electron chi connectivity index (χ2n) is 4.91. The second kappa shape index (κ2) is 6.55. The normalized spacial score (nSPS) is 9.82. The number of nitriles is 1. The molecule has 0 fully saturated rings. The highest BCUT2D eigenvalue weighted by molar-refractivity contribution is 5.97. The fourth-order valence-corrected chi connectivity index (χ4v) is 2.08. The standard InChI is InChI=1S/C17H15N3O2/c1-20(11-13-4-2-3-12(9-13)10-18)17(22)15-7-5-14(6-8-15)16(19)21/h2-9H,11H2,1H3,(H2,19,21). The van der Waals surface area contributed by atoms with Gasteiger partial charge in [-0.05, 0) is 42.0 Å². The fraction of sp³-hybridized carbons (Fsp3) is 0.118. The van der Waals surface area contributed by atoms with Crippen molar-refractivity contribution in [2.24, 2.45) is 5.73 Å². The van der Waals surface area contributed by atoms with Crippen molar-refractivity contribution in [2.45, 2.75) is 6.54 Å². The Kier molecular flexibility index (Phi) is 4.54. The molecule has 2 aromatic carbocycles. The molecule has 2 aromatic rings. The van der Waals surface area contributed by atoms with E-state index in [1.807, 2.05) is 6.07 Å². The highest BCUT2D eigenvalue weighted by Gasteiger charge is 2.12. The zero-order chi connectivity index (χ0) is 16.1. The minimum atomic E-state index is -0.527. The van der Waals surface area contributed by atoms with Gasteiger partial charge in [0.25, 0.3) is 5.91 Å². The third kappa shape index (κ3) is 3.49. The van der Waals surface area contributed by atoms with Crippen molar-refractivity contribution in [3.8, 4) is 6.07 Å². The first kappa shape index (κ1) is 15.3. The molecule has 0 saturated carbocycles. The van der Waals surface area contributed by atoms with Crippen LogP contribution in [0.15, 0.2) is 48.5 Å². The van der Waals surface area contributed by atoms with Crippen molar-refractivity contribution in [1.82, 2.24) is 4.90 Å². The zero-order valence-electron chi connectivity index (χ0n) is 12.1. The van der Waals surface area contributed by atoms with E-state index in [0.29, 0.717) is 23.2 Å². The SMILES string of the molecule is CN(Cc1cccc(C#N)c1)C(=O)c1ccc(C(N)=O)cc1. The Morgan fingerprint density at radius 3 is 2.36 bits per heavy atom. The van der Waals surface area contributed by atoms with Crippen LogP contribution in [0.5, 0.6) is 0 Å². The number of carbonyl (C=O) groups is 2. The smallest absolute Gasteiger partial charge is 0.253 e. The van der Waals surface area contributed by atoms with E-state index in [1.165, 1.54) is 12.1 Å². The summed E-state index contributed by atoms with van der Waals surface area (Å²) in [5.74, 6) is -0.695. The first-order valence-corrected chi connectivity index (χ1v) is 6.65. The summed E-state index contributed by atoms with van der Waals surface area (Å²) in [6.45, 7) is 0.395. The third-order valence-corrected chi connectivity index (χ3v) is 3.24. The van der Waals surface area contributed by atoms with Crippen molar-refractivity contribution in [3.63, 3.8) is 0 Å². The number of hydrogen-bond acceptors (Lipinski definition) is 3. The summed E-state index contributed by atoms with van der Waals surface area (Å²) in [6.07, 6.45) is 0. The van der Waals surface area contributed by atoms with Crippen LogP contribution in [-0.4, -0.2) is 23.8 Å². The summed E-state index contributed by atoms with van der Waals surface area (Å²) in [7, 11) is 1.68. The molecule has 0 heterocycles. The first-order chi connectivity index (χ1) is 10.5. The van der Waals surface area contributed by atoms with Gasteiger partial charge in [-0.1, -0.05) is 12.1 Å². The summed E-state index contributed by atoms with van der Waals surface area (Å²) >= 11 is 0. The summed E-state index contributed by atoms with van der Waals surface area (Å²) in [4.78, 5) is 24.9. The predicted molar refractivity (Wildman–Crippen MR) is 81.9 cm³/mol. The van der Waals surface area contributed by atoms with Gasteiger partial charge in [-0.15, -0.1) is 0 Å². The third-order valence-electron chi connectivity index (χ3n) is 3.24. The average molecular weight is 293 g/mol. The highest BCUT2D eigenvalue weighted by Crippen LogP contribution is 2.11. The van der Waals surface area contributed by atoms with Gasteiger partial charge in [0.05, 0.1) is 11.6 Å². The van der Waals surface area contributed by atoms with Crippen LogP contribution >= 0.6 is 0 Å². The van der Waals surface area contributed by atoms with Gasteiger partial charge in [0.15, 0.2) is 0 Å². The number of amides is 2. The molecular weight excluding hydrogens is 278 g/mol. The summed E-state index contributed by atoms with van der Waals surface area (Å²) in [5, 5.41) is 8.89. The van der Waals surface area contributed by atoms with Crippen LogP contribution < -0.4 is 5.73 Å². The van der Waals surface area contributed by atoms with E-state index in [4.69, 9.17) is 11.0 Å². The van der Waals surface area contributed by atoms with Crippen LogP contribution in [0.3, 0.4) is 0 Å². The topological polar surface area (TPSA) is 87.2 Å². The van der Waals surface area contributed by atoms with E-state index < -0.39 is 5.91 Å². The van der Waals surface area contributed by atoms with E-state index in [2.05, 4.69) is 6.07 Å². The summed E-state index contributed by atoms with van der Waals surface area (Å²) < 4.78 is 0. The summed E-state index contributed by atoms with van der Waals surface area (Å²) in [6, 6.07) is 15.4. The minimum absolute atomic E-state index is 0.168. The number of rotatable bonds is 4. The fourth-order valence-electron chi connectivity index (χ4n) is 2.08. The number of nitrogens with two attached hydrogens (primary N) is 1. The summed E-state index contributed by atoms with van der Waals surface area (Å²) in [5.41, 5.74) is 7.44. The number of nitrogens with zero attached hydrogens (tertiary/aromatic N) is 2. The molecule has 5 nitrogen and oxygen atoms in total. The van der Waals surface area contributed by atoms with Crippen molar-refractivity contribution in [2.75, 3.05) is 7.05 Å². The molecule has 0 atom stereocenters. The van der Waals surface area contributed by atoms with Crippen LogP contribution in [0.2, 0.25) is 0 Å². The predicted octanol–water partition coefficient (Wildman–Crippen LogP) is 1.93. The molecule has 0 aliphatic carbocycles. The zero-order valence-corrected chi connectivity index (χ0v) is 12.1. The maximum atomic E-state index is 12.3. The van der Waals surface area contributed by atoms with Gasteiger partial charge in [-0.3, -0.25) is 9.59 Å². The molecule has 0 saturated heterocycles. The molecule has 0 spiro atoms. The van der Waals surface area contributed by atoms with E-state index in [-0.39, 0.29) is 5.91 Å². The van der Waals surface area contributed by atoms with Crippen LogP contribution in [0.4, 0.5) is 0 Å². The Morgan fingerprint density at radius 1 is 1.14 bits per heavy atom. The molecule has 2 amide bonds. The number of carbonyl (C=O) groups excluding carboxylic acids is 2. The molecule has 0 bridgehead atoms. The Hall–Kier alpha value is -3.13. The lowest BCUT2D eigenvalue weighted by Gasteiger charge is -2.17. The molecule has 22 heavy (non-hydrogen) atoms. The van der Waals surface area contributed by atoms with E-state index in [1.54, 1.807) is 42.3 Å². The highest BCUT2D eigenvalue weighted by atomic mass is 16.2. The van der Waals surface area contributed by atoms with Crippen molar-refractivity contribution >= 4 is 11.8 Å². The molecule has 5 heteroatoms. The molecule has 0 radical (unpaired) electrons. The van der Waals surface area contributed by atoms with Gasteiger partial charge in [0.2, 0.25) is 5.91 Å².